The van der Waals surface area contributed by atoms with Crippen molar-refractivity contribution in [2.75, 3.05) is 57.9 Å². The fourth-order valence-electron chi connectivity index (χ4n) is 6.03. The van der Waals surface area contributed by atoms with Gasteiger partial charge in [-0.1, -0.05) is 41.9 Å². The Morgan fingerprint density at radius 1 is 1.15 bits per heavy atom. The molecule has 2 aromatic carbocycles. The van der Waals surface area contributed by atoms with E-state index >= 15 is 4.39 Å². The molecule has 2 aliphatic rings. The van der Waals surface area contributed by atoms with Crippen LogP contribution in [-0.2, 0) is 9.47 Å². The zero-order chi connectivity index (χ0) is 33.3. The van der Waals surface area contributed by atoms with Crippen LogP contribution < -0.4 is 9.64 Å². The van der Waals surface area contributed by atoms with Crippen molar-refractivity contribution < 1.29 is 23.4 Å². The quantitative estimate of drug-likeness (QED) is 0.255. The average molecular weight is 662 g/mol. The molecule has 0 aliphatic carbocycles. The number of ether oxygens (including phenoxy) is 3. The minimum Gasteiger partial charge on any atom is -0.461 e. The van der Waals surface area contributed by atoms with Crippen molar-refractivity contribution >= 4 is 45.2 Å². The van der Waals surface area contributed by atoms with E-state index in [2.05, 4.69) is 20.9 Å². The van der Waals surface area contributed by atoms with E-state index in [0.29, 0.717) is 46.9 Å². The van der Waals surface area contributed by atoms with E-state index in [9.17, 15) is 10.1 Å². The predicted molar refractivity (Wildman–Crippen MR) is 177 cm³/mol. The second kappa shape index (κ2) is 13.4. The molecule has 2 aromatic heterocycles. The van der Waals surface area contributed by atoms with Crippen molar-refractivity contribution in [2.24, 2.45) is 0 Å². The van der Waals surface area contributed by atoms with Crippen LogP contribution in [0, 0.1) is 17.1 Å². The number of morpholine rings is 1. The number of benzene rings is 2. The summed E-state index contributed by atoms with van der Waals surface area (Å²) >= 11 is 6.59. The van der Waals surface area contributed by atoms with Crippen LogP contribution >= 0.6 is 11.6 Å². The lowest BCUT2D eigenvalue weighted by atomic mass is 10.0. The molecule has 2 aliphatic heterocycles. The number of amides is 1. The van der Waals surface area contributed by atoms with Crippen molar-refractivity contribution in [1.82, 2.24) is 24.8 Å². The third-order valence-electron chi connectivity index (χ3n) is 8.23. The number of carbonyl (C=O) groups is 1. The molecule has 6 rings (SSSR count). The molecule has 1 amide bonds. The molecule has 11 nitrogen and oxygen atoms in total. The SMILES string of the molecule is CN1CCOC(COc2nc(N3CCN(C(=O)OC(C)(C)C)[C@@H](CC#N)C3)c3cnc(-c4cccc5cccc(Cl)c45)c(F)c3n2)C1. The van der Waals surface area contributed by atoms with Gasteiger partial charge in [-0.15, -0.1) is 0 Å². The Labute approximate surface area is 277 Å². The first-order valence-corrected chi connectivity index (χ1v) is 16.0. The van der Waals surface area contributed by atoms with Gasteiger partial charge >= 0.3 is 12.1 Å². The average Bonchev–Trinajstić information content (AvgIpc) is 3.03. The summed E-state index contributed by atoms with van der Waals surface area (Å²) < 4.78 is 34.2. The second-order valence-corrected chi connectivity index (χ2v) is 13.3. The highest BCUT2D eigenvalue weighted by molar-refractivity contribution is 6.36. The van der Waals surface area contributed by atoms with Crippen molar-refractivity contribution in [2.45, 2.75) is 44.9 Å². The Morgan fingerprint density at radius 3 is 2.68 bits per heavy atom. The van der Waals surface area contributed by atoms with Gasteiger partial charge in [0.2, 0.25) is 0 Å². The van der Waals surface area contributed by atoms with Gasteiger partial charge in [-0.05, 0) is 39.3 Å². The summed E-state index contributed by atoms with van der Waals surface area (Å²) in [5.41, 5.74) is -0.0193. The Morgan fingerprint density at radius 2 is 1.94 bits per heavy atom. The van der Waals surface area contributed by atoms with Gasteiger partial charge in [0.05, 0.1) is 30.5 Å². The molecule has 2 atom stereocenters. The maximum atomic E-state index is 16.7. The molecule has 4 heterocycles. The van der Waals surface area contributed by atoms with Gasteiger partial charge in [0.1, 0.15) is 35.3 Å². The molecule has 13 heteroatoms. The lowest BCUT2D eigenvalue weighted by molar-refractivity contribution is -0.0416. The summed E-state index contributed by atoms with van der Waals surface area (Å²) in [6.45, 7) is 8.54. The minimum atomic E-state index is -0.688. The molecule has 47 heavy (non-hydrogen) atoms. The van der Waals surface area contributed by atoms with E-state index in [4.69, 9.17) is 30.8 Å². The van der Waals surface area contributed by atoms with Gasteiger partial charge in [0, 0.05) is 54.9 Å². The van der Waals surface area contributed by atoms with E-state index in [1.54, 1.807) is 44.0 Å². The lowest BCUT2D eigenvalue weighted by Gasteiger charge is -2.41. The molecule has 1 unspecified atom stereocenters. The zero-order valence-electron chi connectivity index (χ0n) is 26.9. The number of hydrogen-bond acceptors (Lipinski definition) is 10. The number of nitriles is 1. The lowest BCUT2D eigenvalue weighted by Crippen LogP contribution is -2.56. The van der Waals surface area contributed by atoms with E-state index in [-0.39, 0.29) is 49.4 Å². The number of carbonyl (C=O) groups excluding carboxylic acids is 1. The van der Waals surface area contributed by atoms with Crippen LogP contribution in [0.25, 0.3) is 32.9 Å². The topological polar surface area (TPSA) is 117 Å². The summed E-state index contributed by atoms with van der Waals surface area (Å²) in [4.78, 5) is 32.5. The highest BCUT2D eigenvalue weighted by Crippen LogP contribution is 2.37. The van der Waals surface area contributed by atoms with Crippen LogP contribution in [0.1, 0.15) is 27.2 Å². The van der Waals surface area contributed by atoms with Crippen molar-refractivity contribution in [3.05, 3.63) is 53.4 Å². The molecule has 0 saturated carbocycles. The van der Waals surface area contributed by atoms with Crippen LogP contribution in [0.3, 0.4) is 0 Å². The summed E-state index contributed by atoms with van der Waals surface area (Å²) in [5.74, 6) is -0.245. The maximum absolute atomic E-state index is 16.7. The number of nitrogens with zero attached hydrogens (tertiary/aromatic N) is 7. The van der Waals surface area contributed by atoms with Crippen molar-refractivity contribution in [3.8, 4) is 23.3 Å². The third-order valence-corrected chi connectivity index (χ3v) is 8.54. The number of anilines is 1. The smallest absolute Gasteiger partial charge is 0.410 e. The number of piperazine rings is 1. The Bertz CT molecular complexity index is 1840. The third kappa shape index (κ3) is 7.02. The highest BCUT2D eigenvalue weighted by Gasteiger charge is 2.35. The number of likely N-dealkylation sites (N-methyl/N-ethyl adjacent to an activating group) is 1. The molecule has 4 aromatic rings. The number of halogens is 2. The van der Waals surface area contributed by atoms with Crippen molar-refractivity contribution in [3.63, 3.8) is 0 Å². The highest BCUT2D eigenvalue weighted by atomic mass is 35.5. The molecule has 246 valence electrons. The van der Waals surface area contributed by atoms with Crippen molar-refractivity contribution in [1.29, 1.82) is 5.26 Å². The van der Waals surface area contributed by atoms with Gasteiger partial charge in [0.25, 0.3) is 0 Å². The fraction of sp³-hybridized carbons (Fsp3) is 0.441. The number of pyridine rings is 1. The van der Waals surface area contributed by atoms with Crippen LogP contribution in [0.5, 0.6) is 6.01 Å². The standard InChI is InChI=1S/C34H37ClFN7O4/c1-34(2,3)47-33(44)43-14-13-42(18-22(43)11-12-37)31-25-17-38-29(24-9-5-7-21-8-6-10-26(35)27(21)24)28(36)30(25)39-32(40-31)46-20-23-19-41(4)15-16-45-23/h5-10,17,22-23H,11,13-16,18-20H2,1-4H3/t22-,23?/m0/s1. The maximum Gasteiger partial charge on any atom is 0.410 e. The summed E-state index contributed by atoms with van der Waals surface area (Å²) in [7, 11) is 2.01. The van der Waals surface area contributed by atoms with Gasteiger partial charge < -0.3 is 28.9 Å². The van der Waals surface area contributed by atoms with Crippen LogP contribution in [0.15, 0.2) is 42.6 Å². The van der Waals surface area contributed by atoms with Gasteiger partial charge in [-0.2, -0.15) is 15.2 Å². The number of fused-ring (bicyclic) bond motifs is 2. The normalized spacial score (nSPS) is 19.2. The minimum absolute atomic E-state index is 0.0114. The van der Waals surface area contributed by atoms with Crippen LogP contribution in [0.4, 0.5) is 15.0 Å². The van der Waals surface area contributed by atoms with E-state index in [0.717, 1.165) is 11.9 Å². The molecular weight excluding hydrogens is 625 g/mol. The van der Waals surface area contributed by atoms with E-state index in [1.807, 2.05) is 36.2 Å². The van der Waals surface area contributed by atoms with E-state index in [1.165, 1.54) is 0 Å². The molecule has 0 bridgehead atoms. The Balaban J connectivity index is 1.41. The molecule has 2 saturated heterocycles. The molecular formula is C34H37ClFN7O4. The summed E-state index contributed by atoms with van der Waals surface area (Å²) in [5, 5.41) is 12.0. The first kappa shape index (κ1) is 32.6. The molecule has 0 N–H and O–H groups in total. The summed E-state index contributed by atoms with van der Waals surface area (Å²) in [6, 6.07) is 12.7. The predicted octanol–water partition coefficient (Wildman–Crippen LogP) is 5.69. The Kier molecular flexibility index (Phi) is 9.32. The fourth-order valence-corrected chi connectivity index (χ4v) is 6.32. The summed E-state index contributed by atoms with van der Waals surface area (Å²) in [6.07, 6.45) is 0.941. The molecule has 2 fully saturated rings. The number of hydrogen-bond donors (Lipinski definition) is 0. The zero-order valence-corrected chi connectivity index (χ0v) is 27.6. The monoisotopic (exact) mass is 661 g/mol. The molecule has 0 spiro atoms. The number of aromatic nitrogens is 3. The first-order chi connectivity index (χ1) is 22.5. The second-order valence-electron chi connectivity index (χ2n) is 12.9. The van der Waals surface area contributed by atoms with Gasteiger partial charge in [-0.3, -0.25) is 4.98 Å². The Hall–Kier alpha value is -4.31. The molecule has 0 radical (unpaired) electrons. The van der Waals surface area contributed by atoms with Gasteiger partial charge in [-0.25, -0.2) is 9.18 Å². The van der Waals surface area contributed by atoms with E-state index < -0.39 is 23.6 Å². The van der Waals surface area contributed by atoms with Crippen LogP contribution in [0.2, 0.25) is 5.02 Å². The number of rotatable bonds is 6. The first-order valence-electron chi connectivity index (χ1n) is 15.6. The largest absolute Gasteiger partial charge is 0.461 e. The van der Waals surface area contributed by atoms with Gasteiger partial charge in [0.15, 0.2) is 5.82 Å². The van der Waals surface area contributed by atoms with Crippen LogP contribution in [-0.4, -0.2) is 102 Å².